The number of carboxylic acids is 1. The van der Waals surface area contributed by atoms with Crippen LogP contribution in [0, 0.1) is 11.8 Å². The van der Waals surface area contributed by atoms with Crippen LogP contribution in [0.2, 0.25) is 0 Å². The fourth-order valence-corrected chi connectivity index (χ4v) is 4.25. The van der Waals surface area contributed by atoms with Crippen LogP contribution in [0.5, 0.6) is 0 Å². The van der Waals surface area contributed by atoms with Crippen LogP contribution in [0.4, 0.5) is 5.69 Å². The lowest BCUT2D eigenvalue weighted by molar-refractivity contribution is -0.226. The first kappa shape index (κ1) is 19.8. The van der Waals surface area contributed by atoms with Crippen LogP contribution in [0.3, 0.4) is 0 Å². The molecule has 0 aliphatic carbocycles. The molecular formula is C20H17NO9. The van der Waals surface area contributed by atoms with Crippen molar-refractivity contribution < 1.29 is 43.3 Å². The highest BCUT2D eigenvalue weighted by Gasteiger charge is 2.72. The lowest BCUT2D eigenvalue weighted by Gasteiger charge is -2.34. The number of anilines is 1. The quantitative estimate of drug-likeness (QED) is 0.318. The van der Waals surface area contributed by atoms with Gasteiger partial charge in [0.2, 0.25) is 11.8 Å². The van der Waals surface area contributed by atoms with Gasteiger partial charge in [-0.3, -0.25) is 19.2 Å². The van der Waals surface area contributed by atoms with E-state index in [0.29, 0.717) is 0 Å². The summed E-state index contributed by atoms with van der Waals surface area (Å²) < 4.78 is 16.1. The number of carboxylic acid groups (broad SMARTS) is 1. The molecule has 3 aliphatic heterocycles. The van der Waals surface area contributed by atoms with Crippen LogP contribution < -0.4 is 4.90 Å². The third-order valence-electron chi connectivity index (χ3n) is 5.34. The van der Waals surface area contributed by atoms with E-state index in [-0.39, 0.29) is 11.3 Å². The summed E-state index contributed by atoms with van der Waals surface area (Å²) in [5, 5.41) is 9.21. The SMILES string of the molecule is CC(=O)OC(OC(C)=O)C12C=CC(O1)C1C(=O)N(c3cccc(C(=O)O)c3)C(=O)C12. The third-order valence-corrected chi connectivity index (χ3v) is 5.34. The average Bonchev–Trinajstić information content (AvgIpc) is 3.32. The van der Waals surface area contributed by atoms with E-state index in [1.165, 1.54) is 30.3 Å². The minimum absolute atomic E-state index is 0.0880. The fraction of sp³-hybridized carbons (Fsp3) is 0.350. The number of carbonyl (C=O) groups excluding carboxylic acids is 4. The molecule has 1 N–H and O–H groups in total. The van der Waals surface area contributed by atoms with Gasteiger partial charge in [-0.1, -0.05) is 12.1 Å². The van der Waals surface area contributed by atoms with Gasteiger partial charge in [0.15, 0.2) is 5.60 Å². The Morgan fingerprint density at radius 2 is 1.80 bits per heavy atom. The molecule has 10 nitrogen and oxygen atoms in total. The maximum atomic E-state index is 13.3. The Morgan fingerprint density at radius 1 is 1.13 bits per heavy atom. The first-order valence-electron chi connectivity index (χ1n) is 9.08. The molecule has 3 heterocycles. The molecule has 0 aromatic heterocycles. The average molecular weight is 415 g/mol. The minimum Gasteiger partial charge on any atom is -0.478 e. The predicted molar refractivity (Wildman–Crippen MR) is 96.9 cm³/mol. The second kappa shape index (κ2) is 6.77. The number of fused-ring (bicyclic) bond motifs is 5. The van der Waals surface area contributed by atoms with Gasteiger partial charge in [-0.15, -0.1) is 0 Å². The molecule has 2 bridgehead atoms. The molecule has 2 amide bonds. The van der Waals surface area contributed by atoms with Crippen molar-refractivity contribution >= 4 is 35.4 Å². The van der Waals surface area contributed by atoms with Crippen LogP contribution in [0.1, 0.15) is 24.2 Å². The van der Waals surface area contributed by atoms with Crippen LogP contribution in [-0.4, -0.2) is 52.8 Å². The van der Waals surface area contributed by atoms with Crippen molar-refractivity contribution in [2.24, 2.45) is 11.8 Å². The van der Waals surface area contributed by atoms with Crippen molar-refractivity contribution in [2.45, 2.75) is 31.8 Å². The van der Waals surface area contributed by atoms with E-state index in [9.17, 15) is 29.1 Å². The number of amides is 2. The Labute approximate surface area is 170 Å². The van der Waals surface area contributed by atoms with Crippen LogP contribution in [0.15, 0.2) is 36.4 Å². The molecular weight excluding hydrogens is 398 g/mol. The van der Waals surface area contributed by atoms with E-state index < -0.39 is 59.6 Å². The van der Waals surface area contributed by atoms with Crippen LogP contribution in [0.25, 0.3) is 0 Å². The zero-order chi connectivity index (χ0) is 21.8. The van der Waals surface area contributed by atoms with Crippen molar-refractivity contribution in [2.75, 3.05) is 4.90 Å². The molecule has 156 valence electrons. The number of ether oxygens (including phenoxy) is 3. The first-order chi connectivity index (χ1) is 14.2. The molecule has 4 unspecified atom stereocenters. The molecule has 3 aliphatic rings. The molecule has 0 spiro atoms. The van der Waals surface area contributed by atoms with Crippen molar-refractivity contribution in [1.29, 1.82) is 0 Å². The van der Waals surface area contributed by atoms with Gasteiger partial charge in [0, 0.05) is 13.8 Å². The van der Waals surface area contributed by atoms with E-state index in [4.69, 9.17) is 14.2 Å². The number of hydrogen-bond donors (Lipinski definition) is 1. The molecule has 1 aromatic rings. The smallest absolute Gasteiger partial charge is 0.335 e. The van der Waals surface area contributed by atoms with E-state index >= 15 is 0 Å². The number of carbonyl (C=O) groups is 5. The fourth-order valence-electron chi connectivity index (χ4n) is 4.25. The van der Waals surface area contributed by atoms with E-state index in [1.54, 1.807) is 6.08 Å². The van der Waals surface area contributed by atoms with Crippen LogP contribution in [-0.2, 0) is 33.4 Å². The molecule has 30 heavy (non-hydrogen) atoms. The highest BCUT2D eigenvalue weighted by molar-refractivity contribution is 6.23. The summed E-state index contributed by atoms with van der Waals surface area (Å²) in [5.41, 5.74) is -1.64. The zero-order valence-corrected chi connectivity index (χ0v) is 15.9. The molecule has 4 atom stereocenters. The van der Waals surface area contributed by atoms with E-state index in [1.807, 2.05) is 0 Å². The van der Waals surface area contributed by atoms with Crippen molar-refractivity contribution in [3.63, 3.8) is 0 Å². The largest absolute Gasteiger partial charge is 0.478 e. The highest BCUT2D eigenvalue weighted by Crippen LogP contribution is 2.54. The van der Waals surface area contributed by atoms with E-state index in [0.717, 1.165) is 18.7 Å². The number of rotatable bonds is 5. The molecule has 10 heteroatoms. The number of hydrogen-bond acceptors (Lipinski definition) is 8. The van der Waals surface area contributed by atoms with Gasteiger partial charge < -0.3 is 19.3 Å². The lowest BCUT2D eigenvalue weighted by atomic mass is 9.76. The predicted octanol–water partition coefficient (Wildman–Crippen LogP) is 0.650. The maximum Gasteiger partial charge on any atom is 0.335 e. The Hall–Kier alpha value is -3.53. The molecule has 0 saturated carbocycles. The molecule has 2 fully saturated rings. The summed E-state index contributed by atoms with van der Waals surface area (Å²) in [7, 11) is 0. The summed E-state index contributed by atoms with van der Waals surface area (Å²) in [4.78, 5) is 61.7. The van der Waals surface area contributed by atoms with Gasteiger partial charge in [-0.05, 0) is 24.3 Å². The van der Waals surface area contributed by atoms with Crippen molar-refractivity contribution in [3.8, 4) is 0 Å². The monoisotopic (exact) mass is 415 g/mol. The van der Waals surface area contributed by atoms with Gasteiger partial charge in [0.1, 0.15) is 0 Å². The van der Waals surface area contributed by atoms with Gasteiger partial charge in [0.25, 0.3) is 6.29 Å². The maximum absolute atomic E-state index is 13.3. The highest BCUT2D eigenvalue weighted by atomic mass is 16.7. The standard InChI is InChI=1S/C20H17NO9/c1-9(22)28-19(29-10(2)23)20-7-6-13(30-20)14-15(20)17(25)21(16(14)24)12-5-3-4-11(8-12)18(26)27/h3-8,13-15,19H,1-2H3,(H,26,27). The van der Waals surface area contributed by atoms with Crippen molar-refractivity contribution in [1.82, 2.24) is 0 Å². The number of esters is 2. The number of benzene rings is 1. The summed E-state index contributed by atoms with van der Waals surface area (Å²) >= 11 is 0. The normalized spacial score (nSPS) is 28.8. The Kier molecular flexibility index (Phi) is 4.46. The summed E-state index contributed by atoms with van der Waals surface area (Å²) in [6.07, 6.45) is 0.680. The molecule has 4 rings (SSSR count). The third kappa shape index (κ3) is 2.79. The molecule has 2 saturated heterocycles. The lowest BCUT2D eigenvalue weighted by Crippen LogP contribution is -2.52. The van der Waals surface area contributed by atoms with E-state index in [2.05, 4.69) is 0 Å². The minimum atomic E-state index is -1.65. The number of nitrogens with zero attached hydrogens (tertiary/aromatic N) is 1. The Balaban J connectivity index is 1.75. The first-order valence-corrected chi connectivity index (χ1v) is 9.08. The molecule has 0 radical (unpaired) electrons. The van der Waals surface area contributed by atoms with Gasteiger partial charge in [0.05, 0.1) is 29.2 Å². The number of imide groups is 1. The van der Waals surface area contributed by atoms with Gasteiger partial charge >= 0.3 is 17.9 Å². The van der Waals surface area contributed by atoms with Crippen molar-refractivity contribution in [3.05, 3.63) is 42.0 Å². The summed E-state index contributed by atoms with van der Waals surface area (Å²) in [5.74, 6) is -6.01. The molecule has 1 aromatic carbocycles. The Bertz CT molecular complexity index is 999. The topological polar surface area (TPSA) is 137 Å². The second-order valence-electron chi connectivity index (χ2n) is 7.22. The summed E-state index contributed by atoms with van der Waals surface area (Å²) in [6.45, 7) is 2.22. The Morgan fingerprint density at radius 3 is 2.40 bits per heavy atom. The van der Waals surface area contributed by atoms with Gasteiger partial charge in [-0.2, -0.15) is 0 Å². The van der Waals surface area contributed by atoms with Gasteiger partial charge in [-0.25, -0.2) is 9.69 Å². The second-order valence-corrected chi connectivity index (χ2v) is 7.22. The summed E-state index contributed by atoms with van der Waals surface area (Å²) in [6, 6.07) is 5.43. The van der Waals surface area contributed by atoms with Crippen LogP contribution >= 0.6 is 0 Å². The zero-order valence-electron chi connectivity index (χ0n) is 15.9. The number of aromatic carboxylic acids is 1.